The van der Waals surface area contributed by atoms with Gasteiger partial charge in [-0.15, -0.1) is 0 Å². The maximum absolute atomic E-state index is 13.1. The van der Waals surface area contributed by atoms with E-state index in [-0.39, 0.29) is 5.82 Å². The van der Waals surface area contributed by atoms with E-state index in [1.807, 2.05) is 41.9 Å². The SMILES string of the molecule is Cc1cc(Cl)ccc1-n1nc(Cc2ccc(F)cc2)c2c1NCC2. The molecule has 5 heteroatoms. The summed E-state index contributed by atoms with van der Waals surface area (Å²) >= 11 is 6.07. The highest BCUT2D eigenvalue weighted by atomic mass is 35.5. The quantitative estimate of drug-likeness (QED) is 0.758. The molecule has 0 saturated carbocycles. The number of halogens is 2. The van der Waals surface area contributed by atoms with Gasteiger partial charge in [-0.25, -0.2) is 9.07 Å². The Morgan fingerprint density at radius 3 is 2.75 bits per heavy atom. The molecule has 0 amide bonds. The molecule has 0 radical (unpaired) electrons. The van der Waals surface area contributed by atoms with E-state index in [1.165, 1.54) is 17.7 Å². The number of anilines is 1. The smallest absolute Gasteiger partial charge is 0.133 e. The third kappa shape index (κ3) is 2.67. The molecule has 1 N–H and O–H groups in total. The van der Waals surface area contributed by atoms with E-state index >= 15 is 0 Å². The van der Waals surface area contributed by atoms with Crippen LogP contribution in [0.4, 0.5) is 10.2 Å². The van der Waals surface area contributed by atoms with Crippen molar-refractivity contribution in [1.82, 2.24) is 9.78 Å². The van der Waals surface area contributed by atoms with Crippen molar-refractivity contribution in [2.75, 3.05) is 11.9 Å². The number of benzene rings is 2. The topological polar surface area (TPSA) is 29.9 Å². The zero-order valence-electron chi connectivity index (χ0n) is 13.3. The highest BCUT2D eigenvalue weighted by molar-refractivity contribution is 6.30. The van der Waals surface area contributed by atoms with Gasteiger partial charge in [0.15, 0.2) is 0 Å². The van der Waals surface area contributed by atoms with Gasteiger partial charge >= 0.3 is 0 Å². The van der Waals surface area contributed by atoms with Gasteiger partial charge in [0.05, 0.1) is 11.4 Å². The summed E-state index contributed by atoms with van der Waals surface area (Å²) in [6.45, 7) is 2.94. The van der Waals surface area contributed by atoms with Crippen LogP contribution in [0, 0.1) is 12.7 Å². The Kier molecular flexibility index (Phi) is 3.77. The van der Waals surface area contributed by atoms with E-state index in [0.717, 1.165) is 46.3 Å². The zero-order chi connectivity index (χ0) is 16.7. The van der Waals surface area contributed by atoms with Gasteiger partial charge in [-0.2, -0.15) is 5.10 Å². The molecule has 0 bridgehead atoms. The van der Waals surface area contributed by atoms with Crippen LogP contribution in [0.15, 0.2) is 42.5 Å². The van der Waals surface area contributed by atoms with Gasteiger partial charge in [0.2, 0.25) is 0 Å². The molecule has 4 rings (SSSR count). The third-order valence-electron chi connectivity index (χ3n) is 4.41. The first-order valence-electron chi connectivity index (χ1n) is 7.97. The molecule has 0 unspecified atom stereocenters. The molecule has 2 heterocycles. The highest BCUT2D eigenvalue weighted by Crippen LogP contribution is 2.31. The van der Waals surface area contributed by atoms with Gasteiger partial charge in [0, 0.05) is 23.6 Å². The molecule has 3 nitrogen and oxygen atoms in total. The second kappa shape index (κ2) is 5.95. The molecule has 122 valence electrons. The van der Waals surface area contributed by atoms with E-state index < -0.39 is 0 Å². The van der Waals surface area contributed by atoms with Crippen molar-refractivity contribution in [3.8, 4) is 5.69 Å². The molecule has 0 spiro atoms. The van der Waals surface area contributed by atoms with Gasteiger partial charge in [0.1, 0.15) is 11.6 Å². The summed E-state index contributed by atoms with van der Waals surface area (Å²) in [5.74, 6) is 0.838. The highest BCUT2D eigenvalue weighted by Gasteiger charge is 2.23. The molecule has 24 heavy (non-hydrogen) atoms. The minimum Gasteiger partial charge on any atom is -0.369 e. The molecule has 0 fully saturated rings. The maximum atomic E-state index is 13.1. The average molecular weight is 342 g/mol. The number of hydrogen-bond acceptors (Lipinski definition) is 2. The number of hydrogen-bond donors (Lipinski definition) is 1. The summed E-state index contributed by atoms with van der Waals surface area (Å²) in [6.07, 6.45) is 1.66. The van der Waals surface area contributed by atoms with Gasteiger partial charge in [-0.05, 0) is 54.8 Å². The van der Waals surface area contributed by atoms with Crippen LogP contribution in [0.2, 0.25) is 5.02 Å². The Hall–Kier alpha value is -2.33. The Morgan fingerprint density at radius 2 is 2.00 bits per heavy atom. The summed E-state index contributed by atoms with van der Waals surface area (Å²) in [5.41, 5.74) is 5.44. The molecule has 0 saturated heterocycles. The summed E-state index contributed by atoms with van der Waals surface area (Å²) < 4.78 is 15.1. The second-order valence-corrected chi connectivity index (χ2v) is 6.53. The lowest BCUT2D eigenvalue weighted by molar-refractivity contribution is 0.627. The Labute approximate surface area is 145 Å². The predicted molar refractivity (Wildman–Crippen MR) is 94.7 cm³/mol. The van der Waals surface area contributed by atoms with E-state index in [2.05, 4.69) is 5.32 Å². The summed E-state index contributed by atoms with van der Waals surface area (Å²) in [7, 11) is 0. The van der Waals surface area contributed by atoms with Gasteiger partial charge in [-0.3, -0.25) is 0 Å². The molecule has 1 aromatic heterocycles. The van der Waals surface area contributed by atoms with E-state index in [1.54, 1.807) is 0 Å². The first-order chi connectivity index (χ1) is 11.6. The fourth-order valence-corrected chi connectivity index (χ4v) is 3.44. The lowest BCUT2D eigenvalue weighted by Gasteiger charge is -2.09. The molecule has 1 aliphatic heterocycles. The first kappa shape index (κ1) is 15.2. The van der Waals surface area contributed by atoms with E-state index in [4.69, 9.17) is 16.7 Å². The van der Waals surface area contributed by atoms with Crippen molar-refractivity contribution < 1.29 is 4.39 Å². The van der Waals surface area contributed by atoms with Crippen LogP contribution in [-0.4, -0.2) is 16.3 Å². The molecule has 0 atom stereocenters. The Bertz CT molecular complexity index is 900. The lowest BCUT2D eigenvalue weighted by atomic mass is 10.1. The van der Waals surface area contributed by atoms with Crippen molar-refractivity contribution in [2.24, 2.45) is 0 Å². The normalized spacial score (nSPS) is 13.0. The largest absolute Gasteiger partial charge is 0.369 e. The minimum absolute atomic E-state index is 0.215. The van der Waals surface area contributed by atoms with Gasteiger partial charge in [0.25, 0.3) is 0 Å². The fourth-order valence-electron chi connectivity index (χ4n) is 3.21. The van der Waals surface area contributed by atoms with Crippen molar-refractivity contribution in [2.45, 2.75) is 19.8 Å². The molecule has 2 aromatic carbocycles. The number of fused-ring (bicyclic) bond motifs is 1. The van der Waals surface area contributed by atoms with Gasteiger partial charge < -0.3 is 5.32 Å². The van der Waals surface area contributed by atoms with E-state index in [0.29, 0.717) is 6.42 Å². The molecular weight excluding hydrogens is 325 g/mol. The van der Waals surface area contributed by atoms with Crippen LogP contribution >= 0.6 is 11.6 Å². The summed E-state index contributed by atoms with van der Waals surface area (Å²) in [4.78, 5) is 0. The number of rotatable bonds is 3. The average Bonchev–Trinajstić information content (AvgIpc) is 3.14. The second-order valence-electron chi connectivity index (χ2n) is 6.10. The number of aromatic nitrogens is 2. The van der Waals surface area contributed by atoms with Crippen LogP contribution in [0.5, 0.6) is 0 Å². The van der Waals surface area contributed by atoms with Gasteiger partial charge in [-0.1, -0.05) is 23.7 Å². The first-order valence-corrected chi connectivity index (χ1v) is 8.35. The van der Waals surface area contributed by atoms with Crippen molar-refractivity contribution in [1.29, 1.82) is 0 Å². The minimum atomic E-state index is -0.215. The van der Waals surface area contributed by atoms with Crippen LogP contribution in [0.25, 0.3) is 5.69 Å². The number of nitrogens with zero attached hydrogens (tertiary/aromatic N) is 2. The molecule has 3 aromatic rings. The lowest BCUT2D eigenvalue weighted by Crippen LogP contribution is -2.06. The Balaban J connectivity index is 1.76. The number of nitrogens with one attached hydrogen (secondary N) is 1. The van der Waals surface area contributed by atoms with Crippen LogP contribution in [0.3, 0.4) is 0 Å². The molecule has 0 aliphatic carbocycles. The monoisotopic (exact) mass is 341 g/mol. The summed E-state index contributed by atoms with van der Waals surface area (Å²) in [5, 5.41) is 8.98. The standard InChI is InChI=1S/C19H17ClFN3/c1-12-10-14(20)4-7-18(12)24-19-16(8-9-22-19)17(23-24)11-13-2-5-15(21)6-3-13/h2-7,10,22H,8-9,11H2,1H3. The van der Waals surface area contributed by atoms with Crippen molar-refractivity contribution in [3.63, 3.8) is 0 Å². The van der Waals surface area contributed by atoms with Crippen LogP contribution < -0.4 is 5.32 Å². The third-order valence-corrected chi connectivity index (χ3v) is 4.64. The fraction of sp³-hybridized carbons (Fsp3) is 0.211. The summed E-state index contributed by atoms with van der Waals surface area (Å²) in [6, 6.07) is 12.4. The van der Waals surface area contributed by atoms with Crippen LogP contribution in [0.1, 0.15) is 22.4 Å². The number of aryl methyl sites for hydroxylation is 1. The molecular formula is C19H17ClFN3. The maximum Gasteiger partial charge on any atom is 0.133 e. The Morgan fingerprint density at radius 1 is 1.21 bits per heavy atom. The van der Waals surface area contributed by atoms with Crippen molar-refractivity contribution >= 4 is 17.4 Å². The van der Waals surface area contributed by atoms with E-state index in [9.17, 15) is 4.39 Å². The zero-order valence-corrected chi connectivity index (χ0v) is 14.1. The van der Waals surface area contributed by atoms with Crippen LogP contribution in [-0.2, 0) is 12.8 Å². The van der Waals surface area contributed by atoms with Crippen molar-refractivity contribution in [3.05, 3.63) is 75.7 Å². The molecule has 1 aliphatic rings. The predicted octanol–water partition coefficient (Wildman–Crippen LogP) is 4.53.